The van der Waals surface area contributed by atoms with Crippen LogP contribution in [0.25, 0.3) is 0 Å². The SMILES string of the molecule is CCc1ccc(OC(C)C(=O)NCc2cc(OC)c(OC)cc2Cl)cc1. The molecule has 0 bridgehead atoms. The van der Waals surface area contributed by atoms with Crippen molar-refractivity contribution in [3.63, 3.8) is 0 Å². The van der Waals surface area contributed by atoms with E-state index in [1.54, 1.807) is 33.3 Å². The fraction of sp³-hybridized carbons (Fsp3) is 0.350. The molecule has 6 heteroatoms. The van der Waals surface area contributed by atoms with Crippen molar-refractivity contribution >= 4 is 17.5 Å². The van der Waals surface area contributed by atoms with Gasteiger partial charge in [0.2, 0.25) is 0 Å². The summed E-state index contributed by atoms with van der Waals surface area (Å²) in [4.78, 5) is 12.3. The van der Waals surface area contributed by atoms with Gasteiger partial charge in [-0.15, -0.1) is 0 Å². The Morgan fingerprint density at radius 2 is 1.73 bits per heavy atom. The van der Waals surface area contributed by atoms with E-state index in [9.17, 15) is 4.79 Å². The Morgan fingerprint density at radius 3 is 2.31 bits per heavy atom. The molecule has 5 nitrogen and oxygen atoms in total. The Hall–Kier alpha value is -2.40. The van der Waals surface area contributed by atoms with Crippen molar-refractivity contribution < 1.29 is 19.0 Å². The molecule has 2 aromatic rings. The molecule has 1 amide bonds. The zero-order valence-electron chi connectivity index (χ0n) is 15.5. The predicted molar refractivity (Wildman–Crippen MR) is 102 cm³/mol. The van der Waals surface area contributed by atoms with E-state index in [4.69, 9.17) is 25.8 Å². The number of nitrogens with one attached hydrogen (secondary N) is 1. The minimum absolute atomic E-state index is 0.226. The van der Waals surface area contributed by atoms with Gasteiger partial charge in [-0.05, 0) is 42.7 Å². The molecular weight excluding hydrogens is 354 g/mol. The van der Waals surface area contributed by atoms with E-state index in [1.165, 1.54) is 5.56 Å². The number of halogens is 1. The normalized spacial score (nSPS) is 11.6. The molecule has 2 rings (SSSR count). The summed E-state index contributed by atoms with van der Waals surface area (Å²) >= 11 is 6.24. The van der Waals surface area contributed by atoms with Crippen molar-refractivity contribution in [2.24, 2.45) is 0 Å². The summed E-state index contributed by atoms with van der Waals surface area (Å²) < 4.78 is 16.2. The topological polar surface area (TPSA) is 56.8 Å². The second-order valence-electron chi connectivity index (χ2n) is 5.77. The molecule has 0 saturated heterocycles. The number of methoxy groups -OCH3 is 2. The van der Waals surface area contributed by atoms with Crippen molar-refractivity contribution in [1.82, 2.24) is 5.32 Å². The number of amides is 1. The van der Waals surface area contributed by atoms with Crippen LogP contribution in [0.1, 0.15) is 25.0 Å². The van der Waals surface area contributed by atoms with Gasteiger partial charge in [0.1, 0.15) is 5.75 Å². The number of ether oxygens (including phenoxy) is 3. The fourth-order valence-corrected chi connectivity index (χ4v) is 2.64. The Labute approximate surface area is 159 Å². The number of hydrogen-bond acceptors (Lipinski definition) is 4. The Balaban J connectivity index is 1.96. The Morgan fingerprint density at radius 1 is 1.12 bits per heavy atom. The second kappa shape index (κ2) is 9.34. The van der Waals surface area contributed by atoms with Gasteiger partial charge >= 0.3 is 0 Å². The minimum atomic E-state index is -0.624. The van der Waals surface area contributed by atoms with Crippen LogP contribution in [0.3, 0.4) is 0 Å². The summed E-state index contributed by atoms with van der Waals surface area (Å²) in [5, 5.41) is 3.32. The quantitative estimate of drug-likeness (QED) is 0.755. The number of benzene rings is 2. The maximum absolute atomic E-state index is 12.3. The molecule has 26 heavy (non-hydrogen) atoms. The third-order valence-corrected chi connectivity index (χ3v) is 4.37. The number of aryl methyl sites for hydroxylation is 1. The number of carbonyl (C=O) groups excluding carboxylic acids is 1. The lowest BCUT2D eigenvalue weighted by Gasteiger charge is -2.16. The molecule has 2 aromatic carbocycles. The summed E-state index contributed by atoms with van der Waals surface area (Å²) in [5.74, 6) is 1.53. The number of rotatable bonds is 8. The average Bonchev–Trinajstić information content (AvgIpc) is 2.66. The summed E-state index contributed by atoms with van der Waals surface area (Å²) in [5.41, 5.74) is 1.95. The maximum atomic E-state index is 12.3. The van der Waals surface area contributed by atoms with Gasteiger partial charge in [0.05, 0.1) is 14.2 Å². The van der Waals surface area contributed by atoms with E-state index in [2.05, 4.69) is 12.2 Å². The molecule has 0 spiro atoms. The van der Waals surface area contributed by atoms with Crippen LogP contribution in [0.4, 0.5) is 0 Å². The molecule has 1 N–H and O–H groups in total. The molecule has 1 unspecified atom stereocenters. The molecular formula is C20H24ClNO4. The van der Waals surface area contributed by atoms with E-state index in [-0.39, 0.29) is 12.5 Å². The van der Waals surface area contributed by atoms with Gasteiger partial charge in [-0.1, -0.05) is 30.7 Å². The van der Waals surface area contributed by atoms with Gasteiger partial charge in [-0.25, -0.2) is 0 Å². The lowest BCUT2D eigenvalue weighted by atomic mass is 10.2. The van der Waals surface area contributed by atoms with Crippen LogP contribution in [-0.4, -0.2) is 26.2 Å². The van der Waals surface area contributed by atoms with Crippen LogP contribution in [0, 0.1) is 0 Å². The van der Waals surface area contributed by atoms with Gasteiger partial charge in [0, 0.05) is 17.6 Å². The van der Waals surface area contributed by atoms with Crippen LogP contribution >= 0.6 is 11.6 Å². The van der Waals surface area contributed by atoms with Crippen molar-refractivity contribution in [3.05, 3.63) is 52.5 Å². The lowest BCUT2D eigenvalue weighted by molar-refractivity contribution is -0.127. The molecule has 0 radical (unpaired) electrons. The first kappa shape index (κ1) is 19.9. The van der Waals surface area contributed by atoms with Crippen molar-refractivity contribution in [3.8, 4) is 17.2 Å². The lowest BCUT2D eigenvalue weighted by Crippen LogP contribution is -2.36. The van der Waals surface area contributed by atoms with E-state index in [0.717, 1.165) is 12.0 Å². The Bertz CT molecular complexity index is 746. The standard InChI is InChI=1S/C20H24ClNO4/c1-5-14-6-8-16(9-7-14)26-13(2)20(23)22-12-15-10-18(24-3)19(25-4)11-17(15)21/h6-11,13H,5,12H2,1-4H3,(H,22,23). The molecule has 0 aliphatic rings. The molecule has 0 heterocycles. The highest BCUT2D eigenvalue weighted by Crippen LogP contribution is 2.33. The van der Waals surface area contributed by atoms with Crippen LogP contribution < -0.4 is 19.5 Å². The van der Waals surface area contributed by atoms with Crippen LogP contribution in [0.15, 0.2) is 36.4 Å². The third kappa shape index (κ3) is 5.05. The minimum Gasteiger partial charge on any atom is -0.493 e. The van der Waals surface area contributed by atoms with Gasteiger partial charge in [-0.3, -0.25) is 4.79 Å². The van der Waals surface area contributed by atoms with Crippen molar-refractivity contribution in [2.45, 2.75) is 32.9 Å². The average molecular weight is 378 g/mol. The van der Waals surface area contributed by atoms with Gasteiger partial charge < -0.3 is 19.5 Å². The van der Waals surface area contributed by atoms with Crippen LogP contribution in [0.5, 0.6) is 17.2 Å². The highest BCUT2D eigenvalue weighted by atomic mass is 35.5. The van der Waals surface area contributed by atoms with E-state index in [1.807, 2.05) is 24.3 Å². The molecule has 0 aromatic heterocycles. The van der Waals surface area contributed by atoms with Crippen molar-refractivity contribution in [1.29, 1.82) is 0 Å². The monoisotopic (exact) mass is 377 g/mol. The maximum Gasteiger partial charge on any atom is 0.261 e. The highest BCUT2D eigenvalue weighted by Gasteiger charge is 2.16. The zero-order valence-corrected chi connectivity index (χ0v) is 16.2. The van der Waals surface area contributed by atoms with Gasteiger partial charge in [0.25, 0.3) is 5.91 Å². The van der Waals surface area contributed by atoms with Gasteiger partial charge in [0.15, 0.2) is 17.6 Å². The summed E-state index contributed by atoms with van der Waals surface area (Å²) in [6, 6.07) is 11.1. The molecule has 140 valence electrons. The predicted octanol–water partition coefficient (Wildman–Crippen LogP) is 4.00. The van der Waals surface area contributed by atoms with Gasteiger partial charge in [-0.2, -0.15) is 0 Å². The summed E-state index contributed by atoms with van der Waals surface area (Å²) in [6.07, 6.45) is 0.337. The molecule has 0 saturated carbocycles. The highest BCUT2D eigenvalue weighted by molar-refractivity contribution is 6.31. The van der Waals surface area contributed by atoms with Crippen LogP contribution in [0.2, 0.25) is 5.02 Å². The second-order valence-corrected chi connectivity index (χ2v) is 6.18. The summed E-state index contributed by atoms with van der Waals surface area (Å²) in [6.45, 7) is 4.06. The molecule has 0 aliphatic heterocycles. The first-order chi connectivity index (χ1) is 12.5. The third-order valence-electron chi connectivity index (χ3n) is 4.02. The molecule has 0 aliphatic carbocycles. The smallest absolute Gasteiger partial charge is 0.261 e. The van der Waals surface area contributed by atoms with E-state index < -0.39 is 6.10 Å². The van der Waals surface area contributed by atoms with Crippen molar-refractivity contribution in [2.75, 3.05) is 14.2 Å². The van der Waals surface area contributed by atoms with E-state index >= 15 is 0 Å². The summed E-state index contributed by atoms with van der Waals surface area (Å²) in [7, 11) is 3.09. The largest absolute Gasteiger partial charge is 0.493 e. The van der Waals surface area contributed by atoms with E-state index in [0.29, 0.717) is 22.3 Å². The number of hydrogen-bond donors (Lipinski definition) is 1. The fourth-order valence-electron chi connectivity index (χ4n) is 2.42. The molecule has 0 fully saturated rings. The zero-order chi connectivity index (χ0) is 19.1. The first-order valence-corrected chi connectivity index (χ1v) is 8.80. The van der Waals surface area contributed by atoms with Crippen LogP contribution in [-0.2, 0) is 17.8 Å². The Kier molecular flexibility index (Phi) is 7.16. The first-order valence-electron chi connectivity index (χ1n) is 8.42. The number of carbonyl (C=O) groups is 1. The molecule has 1 atom stereocenters.